The number of carbonyl (C=O) groups is 3. The number of halogens is 1. The zero-order chi connectivity index (χ0) is 18.5. The molecule has 4 N–H and O–H groups in total. The van der Waals surface area contributed by atoms with Gasteiger partial charge in [0.25, 0.3) is 0 Å². The van der Waals surface area contributed by atoms with E-state index in [1.165, 1.54) is 0 Å². The molecule has 9 heteroatoms. The Bertz CT molecular complexity index is 624. The van der Waals surface area contributed by atoms with Gasteiger partial charge in [-0.15, -0.1) is 11.3 Å². The lowest BCUT2D eigenvalue weighted by Gasteiger charge is -2.20. The fourth-order valence-electron chi connectivity index (χ4n) is 1.94. The molecule has 0 aliphatic heterocycles. The molecule has 0 aliphatic carbocycles. The SMILES string of the molecule is CC(C)(C)OC(=O)CC[C@H](NCc1cc(Br)sc1C(=O)O)C(N)=O. The molecule has 0 spiro atoms. The van der Waals surface area contributed by atoms with Crippen molar-refractivity contribution in [3.8, 4) is 0 Å². The van der Waals surface area contributed by atoms with Crippen LogP contribution >= 0.6 is 27.3 Å². The van der Waals surface area contributed by atoms with Gasteiger partial charge < -0.3 is 20.9 Å². The molecule has 0 unspecified atom stereocenters. The van der Waals surface area contributed by atoms with Crippen molar-refractivity contribution in [3.05, 3.63) is 20.3 Å². The summed E-state index contributed by atoms with van der Waals surface area (Å²) in [5.74, 6) is -2.06. The van der Waals surface area contributed by atoms with Gasteiger partial charge in [0.15, 0.2) is 0 Å². The van der Waals surface area contributed by atoms with Crippen LogP contribution in [0, 0.1) is 0 Å². The molecule has 134 valence electrons. The second-order valence-electron chi connectivity index (χ2n) is 6.17. The summed E-state index contributed by atoms with van der Waals surface area (Å²) in [6, 6.07) is 0.922. The number of esters is 1. The summed E-state index contributed by atoms with van der Waals surface area (Å²) in [5.41, 5.74) is 5.29. The van der Waals surface area contributed by atoms with Gasteiger partial charge in [-0.2, -0.15) is 0 Å². The van der Waals surface area contributed by atoms with Crippen LogP contribution in [0.3, 0.4) is 0 Å². The third-order valence-electron chi connectivity index (χ3n) is 2.91. The second kappa shape index (κ2) is 8.59. The average molecular weight is 421 g/mol. The lowest BCUT2D eigenvalue weighted by molar-refractivity contribution is -0.155. The van der Waals surface area contributed by atoms with Gasteiger partial charge in [0.1, 0.15) is 10.5 Å². The van der Waals surface area contributed by atoms with Crippen molar-refractivity contribution in [2.45, 2.75) is 51.8 Å². The maximum atomic E-state index is 11.7. The quantitative estimate of drug-likeness (QED) is 0.554. The molecule has 7 nitrogen and oxygen atoms in total. The Balaban J connectivity index is 2.63. The fourth-order valence-corrected chi connectivity index (χ4v) is 3.45. The van der Waals surface area contributed by atoms with Gasteiger partial charge in [0.05, 0.1) is 9.83 Å². The van der Waals surface area contributed by atoms with Gasteiger partial charge in [0, 0.05) is 13.0 Å². The van der Waals surface area contributed by atoms with E-state index in [1.807, 2.05) is 0 Å². The molecular weight excluding hydrogens is 400 g/mol. The average Bonchev–Trinajstić information content (AvgIpc) is 2.77. The molecular formula is C15H21BrN2O5S. The van der Waals surface area contributed by atoms with Crippen LogP contribution in [-0.4, -0.2) is 34.6 Å². The lowest BCUT2D eigenvalue weighted by atomic mass is 10.1. The number of hydrogen-bond donors (Lipinski definition) is 3. The highest BCUT2D eigenvalue weighted by Gasteiger charge is 2.22. The first-order valence-electron chi connectivity index (χ1n) is 7.25. The van der Waals surface area contributed by atoms with Crippen molar-refractivity contribution in [2.24, 2.45) is 5.73 Å². The Morgan fingerprint density at radius 3 is 2.54 bits per heavy atom. The van der Waals surface area contributed by atoms with Crippen LogP contribution in [0.5, 0.6) is 0 Å². The van der Waals surface area contributed by atoms with E-state index < -0.39 is 29.5 Å². The van der Waals surface area contributed by atoms with Gasteiger partial charge >= 0.3 is 11.9 Å². The highest BCUT2D eigenvalue weighted by Crippen LogP contribution is 2.27. The number of carboxylic acid groups (broad SMARTS) is 1. The number of amides is 1. The van der Waals surface area contributed by atoms with Crippen LogP contribution in [0.1, 0.15) is 48.8 Å². The van der Waals surface area contributed by atoms with Gasteiger partial charge in [0.2, 0.25) is 5.91 Å². The fraction of sp³-hybridized carbons (Fsp3) is 0.533. The van der Waals surface area contributed by atoms with Crippen molar-refractivity contribution >= 4 is 45.1 Å². The van der Waals surface area contributed by atoms with Crippen LogP contribution in [0.15, 0.2) is 9.85 Å². The predicted molar refractivity (Wildman–Crippen MR) is 93.9 cm³/mol. The highest BCUT2D eigenvalue weighted by molar-refractivity contribution is 9.11. The minimum atomic E-state index is -1.04. The maximum absolute atomic E-state index is 11.7. The Kier molecular flexibility index (Phi) is 7.37. The Hall–Kier alpha value is -1.45. The van der Waals surface area contributed by atoms with Crippen LogP contribution in [0.25, 0.3) is 0 Å². The number of thiophene rings is 1. The summed E-state index contributed by atoms with van der Waals surface area (Å²) in [7, 11) is 0. The smallest absolute Gasteiger partial charge is 0.346 e. The normalized spacial score (nSPS) is 12.7. The minimum absolute atomic E-state index is 0.0387. The topological polar surface area (TPSA) is 119 Å². The monoisotopic (exact) mass is 420 g/mol. The third kappa shape index (κ3) is 6.98. The Morgan fingerprint density at radius 1 is 1.42 bits per heavy atom. The molecule has 1 aromatic rings. The minimum Gasteiger partial charge on any atom is -0.477 e. The summed E-state index contributed by atoms with van der Waals surface area (Å²) in [6.45, 7) is 5.44. The molecule has 0 fully saturated rings. The standard InChI is InChI=1S/C15H21BrN2O5S/c1-15(2,3)23-11(19)5-4-9(13(17)20)18-7-8-6-10(16)24-12(8)14(21)22/h6,9,18H,4-5,7H2,1-3H3,(H2,17,20)(H,21,22)/t9-/m0/s1. The van der Waals surface area contributed by atoms with Gasteiger partial charge in [-0.1, -0.05) is 0 Å². The maximum Gasteiger partial charge on any atom is 0.346 e. The van der Waals surface area contributed by atoms with Crippen molar-refractivity contribution in [1.82, 2.24) is 5.32 Å². The number of aromatic carboxylic acids is 1. The molecule has 0 radical (unpaired) electrons. The molecule has 0 bridgehead atoms. The van der Waals surface area contributed by atoms with Crippen molar-refractivity contribution < 1.29 is 24.2 Å². The first-order valence-corrected chi connectivity index (χ1v) is 8.86. The number of nitrogens with two attached hydrogens (primary N) is 1. The molecule has 0 aromatic carbocycles. The van der Waals surface area contributed by atoms with E-state index >= 15 is 0 Å². The molecule has 0 saturated carbocycles. The zero-order valence-corrected chi connectivity index (χ0v) is 16.1. The van der Waals surface area contributed by atoms with E-state index in [4.69, 9.17) is 15.6 Å². The molecule has 0 aliphatic rings. The molecule has 1 aromatic heterocycles. The number of primary amides is 1. The lowest BCUT2D eigenvalue weighted by Crippen LogP contribution is -2.41. The first-order chi connectivity index (χ1) is 11.0. The van der Waals surface area contributed by atoms with E-state index in [0.29, 0.717) is 9.35 Å². The summed E-state index contributed by atoms with van der Waals surface area (Å²) in [5, 5.41) is 12.0. The van der Waals surface area contributed by atoms with Gasteiger partial charge in [-0.3, -0.25) is 9.59 Å². The number of rotatable bonds is 8. The summed E-state index contributed by atoms with van der Waals surface area (Å²) < 4.78 is 5.87. The second-order valence-corrected chi connectivity index (χ2v) is 8.60. The Labute approximate surface area is 152 Å². The van der Waals surface area contributed by atoms with E-state index in [-0.39, 0.29) is 24.3 Å². The zero-order valence-electron chi connectivity index (χ0n) is 13.7. The van der Waals surface area contributed by atoms with Crippen LogP contribution in [0.4, 0.5) is 0 Å². The summed E-state index contributed by atoms with van der Waals surface area (Å²) in [6.07, 6.45) is 0.217. The molecule has 0 saturated heterocycles. The third-order valence-corrected chi connectivity index (χ3v) is 4.58. The van der Waals surface area contributed by atoms with E-state index in [2.05, 4.69) is 21.2 Å². The number of nitrogens with one attached hydrogen (secondary N) is 1. The predicted octanol–water partition coefficient (Wildman–Crippen LogP) is 2.27. The number of hydrogen-bond acceptors (Lipinski definition) is 6. The van der Waals surface area contributed by atoms with Gasteiger partial charge in [-0.25, -0.2) is 4.79 Å². The van der Waals surface area contributed by atoms with Crippen LogP contribution in [-0.2, 0) is 20.9 Å². The van der Waals surface area contributed by atoms with E-state index in [0.717, 1.165) is 11.3 Å². The van der Waals surface area contributed by atoms with E-state index in [9.17, 15) is 14.4 Å². The number of carboxylic acids is 1. The first kappa shape index (κ1) is 20.6. The van der Waals surface area contributed by atoms with Crippen molar-refractivity contribution in [1.29, 1.82) is 0 Å². The van der Waals surface area contributed by atoms with E-state index in [1.54, 1.807) is 26.8 Å². The Morgan fingerprint density at radius 2 is 2.04 bits per heavy atom. The summed E-state index contributed by atoms with van der Waals surface area (Å²) >= 11 is 4.33. The largest absolute Gasteiger partial charge is 0.477 e. The highest BCUT2D eigenvalue weighted by atomic mass is 79.9. The molecule has 1 rings (SSSR count). The van der Waals surface area contributed by atoms with Crippen molar-refractivity contribution in [2.75, 3.05) is 0 Å². The molecule has 1 heterocycles. The molecule has 1 amide bonds. The number of carbonyl (C=O) groups excluding carboxylic acids is 2. The van der Waals surface area contributed by atoms with Crippen LogP contribution < -0.4 is 11.1 Å². The van der Waals surface area contributed by atoms with Gasteiger partial charge in [-0.05, 0) is 54.8 Å². The summed E-state index contributed by atoms with van der Waals surface area (Å²) in [4.78, 5) is 34.6. The van der Waals surface area contributed by atoms with Crippen molar-refractivity contribution in [3.63, 3.8) is 0 Å². The molecule has 24 heavy (non-hydrogen) atoms. The number of ether oxygens (including phenoxy) is 1. The molecule has 1 atom stereocenters. The van der Waals surface area contributed by atoms with Crippen LogP contribution in [0.2, 0.25) is 0 Å².